The molecule has 3 heterocycles. The van der Waals surface area contributed by atoms with Gasteiger partial charge in [0.25, 0.3) is 0 Å². The summed E-state index contributed by atoms with van der Waals surface area (Å²) >= 11 is 0. The number of aromatic nitrogens is 2. The van der Waals surface area contributed by atoms with Gasteiger partial charge in [0.1, 0.15) is 5.82 Å². The molecule has 0 bridgehead atoms. The summed E-state index contributed by atoms with van der Waals surface area (Å²) in [6.07, 6.45) is 1.91. The molecule has 0 atom stereocenters. The Morgan fingerprint density at radius 3 is 1.78 bits per heavy atom. The number of ether oxygens (including phenoxy) is 1. The maximum absolute atomic E-state index is 6.91. The number of hydrogen-bond acceptors (Lipinski definition) is 4. The molecule has 0 saturated heterocycles. The summed E-state index contributed by atoms with van der Waals surface area (Å²) < 4.78 is 9.11. The van der Waals surface area contributed by atoms with Gasteiger partial charge < -0.3 is 19.1 Å². The predicted molar refractivity (Wildman–Crippen MR) is 267 cm³/mol. The molecule has 1 aliphatic heterocycles. The summed E-state index contributed by atoms with van der Waals surface area (Å²) in [7, 11) is 0. The Hall–Kier alpha value is -5.90. The van der Waals surface area contributed by atoms with Crippen LogP contribution < -0.4 is 14.5 Å². The van der Waals surface area contributed by atoms with Crippen molar-refractivity contribution in [3.63, 3.8) is 0 Å². The second-order valence-corrected chi connectivity index (χ2v) is 20.8. The third kappa shape index (κ3) is 8.81. The molecule has 6 aromatic carbocycles. The van der Waals surface area contributed by atoms with Gasteiger partial charge in [0.2, 0.25) is 0 Å². The molecule has 2 aromatic heterocycles. The normalized spacial score (nSPS) is 13.8. The Bertz CT molecular complexity index is 3020. The van der Waals surface area contributed by atoms with Crippen LogP contribution in [0.1, 0.15) is 92.9 Å². The van der Waals surface area contributed by atoms with Gasteiger partial charge in [-0.05, 0) is 63.4 Å². The van der Waals surface area contributed by atoms with Crippen molar-refractivity contribution in [1.82, 2.24) is 9.55 Å². The molecule has 0 saturated carbocycles. The average Bonchev–Trinajstić information content (AvgIpc) is 3.85. The molecule has 0 N–H and O–H groups in total. The van der Waals surface area contributed by atoms with Crippen molar-refractivity contribution >= 4 is 33.2 Å². The summed E-state index contributed by atoms with van der Waals surface area (Å²) in [4.78, 5) is 9.61. The van der Waals surface area contributed by atoms with Crippen molar-refractivity contribution in [1.29, 1.82) is 0 Å². The van der Waals surface area contributed by atoms with Gasteiger partial charge in [-0.25, -0.2) is 4.98 Å². The minimum atomic E-state index is -0.231. The van der Waals surface area contributed by atoms with Crippen LogP contribution in [-0.2, 0) is 31.9 Å². The number of fused-ring (bicyclic) bond motifs is 3. The molecule has 0 fully saturated rings. The van der Waals surface area contributed by atoms with Gasteiger partial charge in [-0.3, -0.25) is 0 Å². The van der Waals surface area contributed by atoms with Crippen molar-refractivity contribution in [3.8, 4) is 28.4 Å². The summed E-state index contributed by atoms with van der Waals surface area (Å²) in [5.41, 5.74) is 11.7. The Balaban J connectivity index is 0.00000576. The Kier molecular flexibility index (Phi) is 12.0. The minimum Gasteiger partial charge on any atom is -0.509 e. The number of nitrogens with zero attached hydrogens (tertiary/aromatic N) is 4. The topological polar surface area (TPSA) is 33.5 Å². The molecule has 0 amide bonds. The molecule has 334 valence electrons. The standard InChI is InChI=1S/C59H59N4O.Pt/c1-56(2,3)44-32-33-60-53(36-44)63-51-25-19-18-24-49(51)50-31-30-47(38-52(50)63)64-48-35-41(40-20-14-12-15-21-40)34-46(37-48)62-39-61(54(57(4,5)6)55(62)58(7,8)9)45-28-26-43(27-29-45)59(10,11)42-22-16-13-17-23-42;/h12-36,39H,1-11H3;/q-3;. The average molecular weight is 1040 g/mol. The Morgan fingerprint density at radius 1 is 0.508 bits per heavy atom. The molecule has 1 aliphatic rings. The number of pyridine rings is 1. The van der Waals surface area contributed by atoms with Gasteiger partial charge >= 0.3 is 0 Å². The fraction of sp³-hybridized carbons (Fsp3) is 0.254. The van der Waals surface area contributed by atoms with E-state index in [0.717, 1.165) is 50.1 Å². The van der Waals surface area contributed by atoms with E-state index in [9.17, 15) is 0 Å². The molecular formula is C59H59N4OPt-3. The SMILES string of the molecule is CC(C)(C)C1=C(C(C)(C)C)N(c2ccc(C(C)(C)c3ccccc3)cc2)[CH-]N1c1[c-]c(Oc2[c-]c3c(cc2)c2ccccc2n3-c2cc(C(C)(C)C)ccn2)cc(-c2ccccc2)c1.[Pt]. The largest absolute Gasteiger partial charge is 0.509 e. The van der Waals surface area contributed by atoms with Gasteiger partial charge in [0.15, 0.2) is 0 Å². The smallest absolute Gasteiger partial charge is 0.135 e. The maximum atomic E-state index is 6.91. The van der Waals surface area contributed by atoms with Crippen molar-refractivity contribution in [2.45, 2.75) is 87.0 Å². The number of rotatable bonds is 8. The Labute approximate surface area is 401 Å². The molecule has 8 aromatic rings. The van der Waals surface area contributed by atoms with Crippen LogP contribution in [-0.4, -0.2) is 9.55 Å². The van der Waals surface area contributed by atoms with Crippen molar-refractivity contribution < 1.29 is 25.8 Å². The summed E-state index contributed by atoms with van der Waals surface area (Å²) in [6.45, 7) is 27.4. The Morgan fingerprint density at radius 2 is 1.12 bits per heavy atom. The van der Waals surface area contributed by atoms with Crippen LogP contribution in [0, 0.1) is 29.6 Å². The number of allylic oxidation sites excluding steroid dienone is 2. The van der Waals surface area contributed by atoms with Crippen molar-refractivity contribution in [2.24, 2.45) is 10.8 Å². The van der Waals surface area contributed by atoms with Crippen LogP contribution in [0.25, 0.3) is 38.8 Å². The zero-order chi connectivity index (χ0) is 45.2. The maximum Gasteiger partial charge on any atom is 0.135 e. The van der Waals surface area contributed by atoms with Crippen LogP contribution >= 0.6 is 0 Å². The van der Waals surface area contributed by atoms with E-state index in [1.165, 1.54) is 28.1 Å². The van der Waals surface area contributed by atoms with Gasteiger partial charge in [-0.1, -0.05) is 173 Å². The van der Waals surface area contributed by atoms with E-state index in [2.05, 4.69) is 249 Å². The van der Waals surface area contributed by atoms with Crippen LogP contribution in [0.2, 0.25) is 0 Å². The van der Waals surface area contributed by atoms with E-state index in [1.54, 1.807) is 0 Å². The summed E-state index contributed by atoms with van der Waals surface area (Å²) in [5, 5.41) is 2.23. The van der Waals surface area contributed by atoms with Gasteiger partial charge in [0, 0.05) is 77.6 Å². The van der Waals surface area contributed by atoms with E-state index in [1.807, 2.05) is 12.3 Å². The fourth-order valence-electron chi connectivity index (χ4n) is 9.14. The zero-order valence-corrected chi connectivity index (χ0v) is 41.8. The first-order chi connectivity index (χ1) is 30.4. The minimum absolute atomic E-state index is 0. The molecule has 0 spiro atoms. The number of benzene rings is 6. The van der Waals surface area contributed by atoms with Gasteiger partial charge in [-0.2, -0.15) is 6.07 Å². The van der Waals surface area contributed by atoms with E-state index in [-0.39, 0.29) is 42.7 Å². The number of anilines is 2. The second kappa shape index (κ2) is 17.1. The van der Waals surface area contributed by atoms with Crippen LogP contribution in [0.15, 0.2) is 163 Å². The first-order valence-corrected chi connectivity index (χ1v) is 22.5. The van der Waals surface area contributed by atoms with Gasteiger partial charge in [-0.15, -0.1) is 53.6 Å². The van der Waals surface area contributed by atoms with E-state index in [4.69, 9.17) is 9.72 Å². The first kappa shape index (κ1) is 45.7. The second-order valence-electron chi connectivity index (χ2n) is 20.8. The summed E-state index contributed by atoms with van der Waals surface area (Å²) in [5.74, 6) is 2.06. The molecule has 0 aliphatic carbocycles. The number of para-hydroxylation sites is 1. The monoisotopic (exact) mass is 1030 g/mol. The van der Waals surface area contributed by atoms with E-state index >= 15 is 0 Å². The molecule has 0 radical (unpaired) electrons. The van der Waals surface area contributed by atoms with Crippen LogP contribution in [0.5, 0.6) is 11.5 Å². The van der Waals surface area contributed by atoms with Gasteiger partial charge in [0.05, 0.1) is 0 Å². The quantitative estimate of drug-likeness (QED) is 0.142. The molecular weight excluding hydrogens is 976 g/mol. The molecule has 65 heavy (non-hydrogen) atoms. The third-order valence-corrected chi connectivity index (χ3v) is 12.5. The molecule has 6 heteroatoms. The third-order valence-electron chi connectivity index (χ3n) is 12.5. The molecule has 5 nitrogen and oxygen atoms in total. The summed E-state index contributed by atoms with van der Waals surface area (Å²) in [6, 6.07) is 59.1. The van der Waals surface area contributed by atoms with Crippen molar-refractivity contribution in [2.75, 3.05) is 9.80 Å². The molecule has 0 unspecified atom stereocenters. The first-order valence-electron chi connectivity index (χ1n) is 22.5. The van der Waals surface area contributed by atoms with Crippen LogP contribution in [0.4, 0.5) is 11.4 Å². The van der Waals surface area contributed by atoms with E-state index in [0.29, 0.717) is 11.5 Å². The zero-order valence-electron chi connectivity index (χ0n) is 39.5. The number of hydrogen-bond donors (Lipinski definition) is 0. The van der Waals surface area contributed by atoms with E-state index < -0.39 is 0 Å². The van der Waals surface area contributed by atoms with Crippen LogP contribution in [0.3, 0.4) is 0 Å². The molecule has 9 rings (SSSR count). The van der Waals surface area contributed by atoms with Crippen molar-refractivity contribution in [3.05, 3.63) is 199 Å². The predicted octanol–water partition coefficient (Wildman–Crippen LogP) is 15.6. The fourth-order valence-corrected chi connectivity index (χ4v) is 9.14.